The number of piperidine rings is 1. The fourth-order valence-electron chi connectivity index (χ4n) is 2.97. The van der Waals surface area contributed by atoms with Crippen molar-refractivity contribution in [1.82, 2.24) is 4.90 Å². The number of nitrogens with zero attached hydrogens (tertiary/aromatic N) is 1. The molecule has 20 heavy (non-hydrogen) atoms. The first-order valence-corrected chi connectivity index (χ1v) is 7.65. The summed E-state index contributed by atoms with van der Waals surface area (Å²) in [4.78, 5) is 14.2. The molecule has 108 valence electrons. The maximum absolute atomic E-state index is 12.2. The van der Waals surface area contributed by atoms with E-state index in [0.717, 1.165) is 56.9 Å². The second-order valence-electron chi connectivity index (χ2n) is 6.00. The Kier molecular flexibility index (Phi) is 3.81. The van der Waals surface area contributed by atoms with Gasteiger partial charge in [0.2, 0.25) is 0 Å². The summed E-state index contributed by atoms with van der Waals surface area (Å²) in [5.41, 5.74) is 3.43. The van der Waals surface area contributed by atoms with Gasteiger partial charge >= 0.3 is 6.03 Å². The normalized spacial score (nSPS) is 19.1. The van der Waals surface area contributed by atoms with Crippen molar-refractivity contribution >= 4 is 17.4 Å². The first kappa shape index (κ1) is 13.3. The number of urea groups is 1. The highest BCUT2D eigenvalue weighted by Gasteiger charge is 2.20. The zero-order chi connectivity index (χ0) is 13.9. The SMILES string of the molecule is CC1CCN(C(=O)Nc2ccc3c(c2)CCCN3)CC1. The van der Waals surface area contributed by atoms with Crippen LogP contribution in [0.4, 0.5) is 16.2 Å². The van der Waals surface area contributed by atoms with Gasteiger partial charge in [-0.1, -0.05) is 6.92 Å². The molecule has 0 bridgehead atoms. The number of benzene rings is 1. The van der Waals surface area contributed by atoms with Gasteiger partial charge in [0, 0.05) is 31.0 Å². The lowest BCUT2D eigenvalue weighted by molar-refractivity contribution is 0.186. The average molecular weight is 273 g/mol. The first-order valence-electron chi connectivity index (χ1n) is 7.65. The van der Waals surface area contributed by atoms with E-state index in [4.69, 9.17) is 0 Å². The van der Waals surface area contributed by atoms with Gasteiger partial charge in [0.1, 0.15) is 0 Å². The Morgan fingerprint density at radius 1 is 1.35 bits per heavy atom. The standard InChI is InChI=1S/C16H23N3O/c1-12-6-9-19(10-7-12)16(20)18-14-4-5-15-13(11-14)3-2-8-17-15/h4-5,11-12,17H,2-3,6-10H2,1H3,(H,18,20). The smallest absolute Gasteiger partial charge is 0.321 e. The molecule has 3 rings (SSSR count). The predicted octanol–water partition coefficient (Wildman–Crippen LogP) is 3.31. The Hall–Kier alpha value is -1.71. The van der Waals surface area contributed by atoms with Crippen molar-refractivity contribution in [1.29, 1.82) is 0 Å². The third-order valence-corrected chi connectivity index (χ3v) is 4.37. The molecule has 2 amide bonds. The molecule has 2 aliphatic rings. The van der Waals surface area contributed by atoms with Gasteiger partial charge < -0.3 is 15.5 Å². The van der Waals surface area contributed by atoms with Crippen molar-refractivity contribution < 1.29 is 4.79 Å². The van der Waals surface area contributed by atoms with Crippen LogP contribution >= 0.6 is 0 Å². The summed E-state index contributed by atoms with van der Waals surface area (Å²) >= 11 is 0. The molecule has 0 atom stereocenters. The van der Waals surface area contributed by atoms with Gasteiger partial charge in [-0.15, -0.1) is 0 Å². The zero-order valence-electron chi connectivity index (χ0n) is 12.1. The van der Waals surface area contributed by atoms with Gasteiger partial charge in [-0.25, -0.2) is 4.79 Å². The summed E-state index contributed by atoms with van der Waals surface area (Å²) in [5, 5.41) is 6.42. The molecular formula is C16H23N3O. The van der Waals surface area contributed by atoms with E-state index in [0.29, 0.717) is 0 Å². The molecule has 2 heterocycles. The number of nitrogens with one attached hydrogen (secondary N) is 2. The monoisotopic (exact) mass is 273 g/mol. The molecule has 2 aliphatic heterocycles. The highest BCUT2D eigenvalue weighted by atomic mass is 16.2. The predicted molar refractivity (Wildman–Crippen MR) is 82.2 cm³/mol. The van der Waals surface area contributed by atoms with Gasteiger partial charge in [0.05, 0.1) is 0 Å². The molecule has 1 fully saturated rings. The molecule has 1 saturated heterocycles. The molecule has 0 spiro atoms. The van der Waals surface area contributed by atoms with Gasteiger partial charge in [0.25, 0.3) is 0 Å². The number of amides is 2. The maximum atomic E-state index is 12.2. The molecule has 0 radical (unpaired) electrons. The van der Waals surface area contributed by atoms with Crippen LogP contribution in [0.5, 0.6) is 0 Å². The van der Waals surface area contributed by atoms with E-state index in [1.54, 1.807) is 0 Å². The maximum Gasteiger partial charge on any atom is 0.321 e. The highest BCUT2D eigenvalue weighted by molar-refractivity contribution is 5.89. The quantitative estimate of drug-likeness (QED) is 0.824. The minimum atomic E-state index is 0.0422. The minimum absolute atomic E-state index is 0.0422. The molecule has 4 heteroatoms. The Bertz CT molecular complexity index is 492. The fraction of sp³-hybridized carbons (Fsp3) is 0.562. The van der Waals surface area contributed by atoms with Crippen LogP contribution in [0.3, 0.4) is 0 Å². The molecule has 0 aromatic heterocycles. The summed E-state index contributed by atoms with van der Waals surface area (Å²) in [6.45, 7) is 5.05. The average Bonchev–Trinajstić information content (AvgIpc) is 2.48. The number of anilines is 2. The van der Waals surface area contributed by atoms with E-state index in [-0.39, 0.29) is 6.03 Å². The molecule has 0 unspecified atom stereocenters. The summed E-state index contributed by atoms with van der Waals surface area (Å²) in [7, 11) is 0. The van der Waals surface area contributed by atoms with Crippen LogP contribution in [0.1, 0.15) is 31.7 Å². The minimum Gasteiger partial charge on any atom is -0.385 e. The van der Waals surface area contributed by atoms with Crippen LogP contribution in [0.15, 0.2) is 18.2 Å². The van der Waals surface area contributed by atoms with E-state index in [1.165, 1.54) is 11.3 Å². The van der Waals surface area contributed by atoms with Crippen molar-refractivity contribution in [2.75, 3.05) is 30.3 Å². The highest BCUT2D eigenvalue weighted by Crippen LogP contribution is 2.25. The van der Waals surface area contributed by atoms with Crippen molar-refractivity contribution in [3.8, 4) is 0 Å². The van der Waals surface area contributed by atoms with Crippen molar-refractivity contribution in [3.05, 3.63) is 23.8 Å². The third kappa shape index (κ3) is 2.89. The number of carbonyl (C=O) groups is 1. The summed E-state index contributed by atoms with van der Waals surface area (Å²) in [6, 6.07) is 6.20. The molecule has 0 aliphatic carbocycles. The second-order valence-corrected chi connectivity index (χ2v) is 6.00. The van der Waals surface area contributed by atoms with Crippen LogP contribution in [0.2, 0.25) is 0 Å². The van der Waals surface area contributed by atoms with Crippen LogP contribution in [-0.2, 0) is 6.42 Å². The lowest BCUT2D eigenvalue weighted by atomic mass is 9.99. The van der Waals surface area contributed by atoms with Crippen LogP contribution in [0.25, 0.3) is 0 Å². The molecule has 0 saturated carbocycles. The number of carbonyl (C=O) groups excluding carboxylic acids is 1. The van der Waals surface area contributed by atoms with Gasteiger partial charge in [-0.2, -0.15) is 0 Å². The Balaban J connectivity index is 1.64. The second kappa shape index (κ2) is 5.73. The third-order valence-electron chi connectivity index (χ3n) is 4.37. The number of rotatable bonds is 1. The van der Waals surface area contributed by atoms with Crippen LogP contribution in [-0.4, -0.2) is 30.6 Å². The Morgan fingerprint density at radius 3 is 2.95 bits per heavy atom. The summed E-state index contributed by atoms with van der Waals surface area (Å²) in [5.74, 6) is 0.744. The number of likely N-dealkylation sites (tertiary alicyclic amines) is 1. The first-order chi connectivity index (χ1) is 9.72. The van der Waals surface area contributed by atoms with Crippen molar-refractivity contribution in [2.24, 2.45) is 5.92 Å². The largest absolute Gasteiger partial charge is 0.385 e. The van der Waals surface area contributed by atoms with Crippen LogP contribution < -0.4 is 10.6 Å². The lowest BCUT2D eigenvalue weighted by Crippen LogP contribution is -2.40. The van der Waals surface area contributed by atoms with E-state index >= 15 is 0 Å². The molecule has 4 nitrogen and oxygen atoms in total. The molecule has 1 aromatic rings. The molecule has 2 N–H and O–H groups in total. The summed E-state index contributed by atoms with van der Waals surface area (Å²) < 4.78 is 0. The fourth-order valence-corrected chi connectivity index (χ4v) is 2.97. The number of hydrogen-bond donors (Lipinski definition) is 2. The van der Waals surface area contributed by atoms with Gasteiger partial charge in [-0.3, -0.25) is 0 Å². The molecular weight excluding hydrogens is 250 g/mol. The van der Waals surface area contributed by atoms with Crippen molar-refractivity contribution in [3.63, 3.8) is 0 Å². The zero-order valence-corrected chi connectivity index (χ0v) is 12.1. The Labute approximate surface area is 120 Å². The van der Waals surface area contributed by atoms with Crippen LogP contribution in [0, 0.1) is 5.92 Å². The van der Waals surface area contributed by atoms with E-state index in [9.17, 15) is 4.79 Å². The van der Waals surface area contributed by atoms with E-state index in [1.807, 2.05) is 11.0 Å². The van der Waals surface area contributed by atoms with Crippen molar-refractivity contribution in [2.45, 2.75) is 32.6 Å². The van der Waals surface area contributed by atoms with E-state index in [2.05, 4.69) is 29.7 Å². The number of hydrogen-bond acceptors (Lipinski definition) is 2. The number of fused-ring (bicyclic) bond motifs is 1. The Morgan fingerprint density at radius 2 is 2.15 bits per heavy atom. The summed E-state index contributed by atoms with van der Waals surface area (Å²) in [6.07, 6.45) is 4.48. The molecule has 1 aromatic carbocycles. The van der Waals surface area contributed by atoms with Gasteiger partial charge in [0.15, 0.2) is 0 Å². The lowest BCUT2D eigenvalue weighted by Gasteiger charge is -2.30. The van der Waals surface area contributed by atoms with Gasteiger partial charge in [-0.05, 0) is 55.4 Å². The number of aryl methyl sites for hydroxylation is 1. The topological polar surface area (TPSA) is 44.4 Å². The van der Waals surface area contributed by atoms with E-state index < -0.39 is 0 Å².